The Morgan fingerprint density at radius 2 is 1.11 bits per heavy atom. The van der Waals surface area contributed by atoms with E-state index >= 15 is 0 Å². The Kier molecular flexibility index (Phi) is 7.58. The van der Waals surface area contributed by atoms with Crippen molar-refractivity contribution in [2.24, 2.45) is 0 Å². The standard InChI is InChI=1S/C50H49BN4S/c1-48(2,3)34-20-24-41-39(26-34)40-27-35(49(4,5)6)21-25-42(40)54(41)38-29-45-52(31-38)51-47-43(55(45)37-22-18-33(19-23-37)32-14-11-10-12-15-32)16-13-17-44(47)56-46-28-36(30-53(46)51)50(7,8)9/h10-31H,1-9H3. The van der Waals surface area contributed by atoms with E-state index in [4.69, 9.17) is 0 Å². The van der Waals surface area contributed by atoms with Crippen LogP contribution in [0.1, 0.15) is 79.0 Å². The van der Waals surface area contributed by atoms with E-state index in [-0.39, 0.29) is 23.2 Å². The average Bonchev–Trinajstić information content (AvgIpc) is 3.88. The molecule has 5 aromatic carbocycles. The second-order valence-corrected chi connectivity index (χ2v) is 20.0. The van der Waals surface area contributed by atoms with Crippen molar-refractivity contribution < 1.29 is 0 Å². The molecule has 3 aromatic heterocycles. The molecule has 0 spiro atoms. The number of benzene rings is 5. The van der Waals surface area contributed by atoms with Crippen LogP contribution in [-0.4, -0.2) is 20.5 Å². The van der Waals surface area contributed by atoms with Crippen molar-refractivity contribution in [3.63, 3.8) is 0 Å². The van der Waals surface area contributed by atoms with E-state index in [9.17, 15) is 0 Å². The molecule has 0 bridgehead atoms. The van der Waals surface area contributed by atoms with Gasteiger partial charge in [-0.25, -0.2) is 0 Å². The number of anilines is 3. The van der Waals surface area contributed by atoms with Gasteiger partial charge < -0.3 is 13.5 Å². The highest BCUT2D eigenvalue weighted by Crippen LogP contribution is 2.47. The van der Waals surface area contributed by atoms with Gasteiger partial charge in [-0.2, -0.15) is 0 Å². The zero-order valence-electron chi connectivity index (χ0n) is 34.0. The van der Waals surface area contributed by atoms with E-state index in [2.05, 4.69) is 214 Å². The first-order chi connectivity index (χ1) is 26.6. The minimum absolute atomic E-state index is 0.0229. The lowest BCUT2D eigenvalue weighted by Gasteiger charge is -2.39. The molecule has 0 amide bonds. The van der Waals surface area contributed by atoms with Gasteiger partial charge in [0.15, 0.2) is 0 Å². The zero-order valence-corrected chi connectivity index (χ0v) is 34.8. The molecule has 0 unspecified atom stereocenters. The Morgan fingerprint density at radius 3 is 1.71 bits per heavy atom. The number of aromatic nitrogens is 3. The Morgan fingerprint density at radius 1 is 0.500 bits per heavy atom. The van der Waals surface area contributed by atoms with Crippen LogP contribution in [0.4, 0.5) is 17.2 Å². The van der Waals surface area contributed by atoms with Crippen LogP contribution < -0.4 is 10.4 Å². The zero-order chi connectivity index (χ0) is 38.9. The van der Waals surface area contributed by atoms with E-state index in [1.807, 2.05) is 11.8 Å². The second-order valence-electron chi connectivity index (χ2n) is 18.9. The molecule has 10 rings (SSSR count). The van der Waals surface area contributed by atoms with Crippen LogP contribution in [0.5, 0.6) is 0 Å². The summed E-state index contributed by atoms with van der Waals surface area (Å²) in [7, 11) is 0. The summed E-state index contributed by atoms with van der Waals surface area (Å²) >= 11 is 1.89. The van der Waals surface area contributed by atoms with Crippen LogP contribution in [0.3, 0.4) is 0 Å². The number of hydrogen-bond donors (Lipinski definition) is 0. The molecule has 0 atom stereocenters. The predicted octanol–water partition coefficient (Wildman–Crippen LogP) is 13.0. The summed E-state index contributed by atoms with van der Waals surface area (Å²) in [4.78, 5) is 3.79. The van der Waals surface area contributed by atoms with Crippen LogP contribution in [0.2, 0.25) is 0 Å². The third-order valence-corrected chi connectivity index (χ3v) is 13.1. The van der Waals surface area contributed by atoms with Gasteiger partial charge >= 0.3 is 6.98 Å². The van der Waals surface area contributed by atoms with Crippen LogP contribution in [0.15, 0.2) is 144 Å². The van der Waals surface area contributed by atoms with Gasteiger partial charge in [0.05, 0.1) is 21.7 Å². The van der Waals surface area contributed by atoms with Gasteiger partial charge in [0, 0.05) is 44.8 Å². The molecule has 0 saturated carbocycles. The fourth-order valence-corrected chi connectivity index (χ4v) is 9.89. The van der Waals surface area contributed by atoms with Gasteiger partial charge in [0.25, 0.3) is 0 Å². The molecule has 278 valence electrons. The van der Waals surface area contributed by atoms with Crippen LogP contribution >= 0.6 is 11.8 Å². The summed E-state index contributed by atoms with van der Waals surface area (Å²) in [5.41, 5.74) is 14.0. The van der Waals surface area contributed by atoms with Crippen molar-refractivity contribution in [3.05, 3.63) is 150 Å². The number of rotatable bonds is 3. The summed E-state index contributed by atoms with van der Waals surface area (Å²) in [6.07, 6.45) is 4.82. The topological polar surface area (TPSA) is 18.0 Å². The number of fused-ring (bicyclic) bond motifs is 7. The molecule has 0 saturated heterocycles. The fraction of sp³-hybridized carbons (Fsp3) is 0.240. The highest BCUT2D eigenvalue weighted by atomic mass is 32.2. The summed E-state index contributed by atoms with van der Waals surface area (Å²) in [6, 6.07) is 45.7. The van der Waals surface area contributed by atoms with Gasteiger partial charge in [-0.15, -0.1) is 0 Å². The molecule has 56 heavy (non-hydrogen) atoms. The lowest BCUT2D eigenvalue weighted by Crippen LogP contribution is -2.53. The minimum Gasteiger partial charge on any atom is -0.362 e. The molecule has 0 N–H and O–H groups in total. The van der Waals surface area contributed by atoms with Crippen LogP contribution in [0.25, 0.3) is 38.6 Å². The summed E-state index contributed by atoms with van der Waals surface area (Å²) in [6.45, 7) is 20.8. The molecule has 0 radical (unpaired) electrons. The third kappa shape index (κ3) is 5.43. The summed E-state index contributed by atoms with van der Waals surface area (Å²) in [5.74, 6) is 1.15. The molecule has 5 heterocycles. The predicted molar refractivity (Wildman–Crippen MR) is 240 cm³/mol. The van der Waals surface area contributed by atoms with Crippen molar-refractivity contribution in [3.8, 4) is 16.8 Å². The van der Waals surface area contributed by atoms with Gasteiger partial charge in [-0.3, -0.25) is 4.90 Å². The monoisotopic (exact) mass is 748 g/mol. The lowest BCUT2D eigenvalue weighted by atomic mass is 9.64. The van der Waals surface area contributed by atoms with Gasteiger partial charge in [0.2, 0.25) is 0 Å². The maximum absolute atomic E-state index is 2.53. The molecule has 8 aromatic rings. The molecule has 0 fully saturated rings. The Bertz CT molecular complexity index is 2760. The molecule has 6 heteroatoms. The Balaban J connectivity index is 1.24. The van der Waals surface area contributed by atoms with Crippen molar-refractivity contribution in [2.75, 3.05) is 4.90 Å². The Hall–Kier alpha value is -5.33. The van der Waals surface area contributed by atoms with Gasteiger partial charge in [0.1, 0.15) is 5.82 Å². The second kappa shape index (κ2) is 12.1. The number of hydrogen-bond acceptors (Lipinski definition) is 2. The van der Waals surface area contributed by atoms with Crippen LogP contribution in [-0.2, 0) is 16.2 Å². The molecule has 0 aliphatic carbocycles. The van der Waals surface area contributed by atoms with E-state index < -0.39 is 0 Å². The maximum atomic E-state index is 2.53. The minimum atomic E-state index is -0.0229. The van der Waals surface area contributed by atoms with Gasteiger partial charge in [-0.1, -0.05) is 135 Å². The fourth-order valence-electron chi connectivity index (χ4n) is 8.76. The SMILES string of the molecule is CC(C)(C)c1ccc2c(c1)c1cc(C(C)(C)C)ccc1n2-c1cc2n(c1)B1c3c(cccc3N2c2ccc(-c3ccccc3)cc2)Sc2cc(C(C)(C)C)cn21. The van der Waals surface area contributed by atoms with Crippen molar-refractivity contribution in [1.29, 1.82) is 0 Å². The van der Waals surface area contributed by atoms with Crippen LogP contribution in [0, 0.1) is 0 Å². The van der Waals surface area contributed by atoms with E-state index in [0.717, 1.165) is 17.2 Å². The highest BCUT2D eigenvalue weighted by Gasteiger charge is 2.43. The number of nitrogens with zero attached hydrogens (tertiary/aromatic N) is 4. The molecule has 2 aliphatic rings. The largest absolute Gasteiger partial charge is 0.424 e. The smallest absolute Gasteiger partial charge is 0.362 e. The van der Waals surface area contributed by atoms with E-state index in [0.29, 0.717) is 0 Å². The molecular weight excluding hydrogens is 699 g/mol. The van der Waals surface area contributed by atoms with E-state index in [1.165, 1.54) is 70.7 Å². The van der Waals surface area contributed by atoms with Crippen molar-refractivity contribution in [1.82, 2.24) is 13.5 Å². The molecule has 4 nitrogen and oxygen atoms in total. The first-order valence-corrected chi connectivity index (χ1v) is 20.8. The first kappa shape index (κ1) is 35.1. The summed E-state index contributed by atoms with van der Waals surface area (Å²) < 4.78 is 7.57. The quantitative estimate of drug-likeness (QED) is 0.168. The molecular formula is C50H49BN4S. The van der Waals surface area contributed by atoms with E-state index in [1.54, 1.807) is 0 Å². The Labute approximate surface area is 335 Å². The van der Waals surface area contributed by atoms with Crippen molar-refractivity contribution in [2.45, 2.75) is 88.5 Å². The normalized spacial score (nSPS) is 14.0. The molecule has 2 aliphatic heterocycles. The maximum Gasteiger partial charge on any atom is 0.424 e. The lowest BCUT2D eigenvalue weighted by molar-refractivity contribution is 0.590. The average molecular weight is 749 g/mol. The third-order valence-electron chi connectivity index (χ3n) is 12.0. The first-order valence-electron chi connectivity index (χ1n) is 20.0. The van der Waals surface area contributed by atoms with Gasteiger partial charge in [-0.05, 0) is 105 Å². The summed E-state index contributed by atoms with van der Waals surface area (Å²) in [5, 5.41) is 3.89. The highest BCUT2D eigenvalue weighted by molar-refractivity contribution is 7.99. The van der Waals surface area contributed by atoms with Crippen molar-refractivity contribution >= 4 is 63.2 Å².